The molecule has 1 rings (SSSR count). The number of hydrogen-bond acceptors (Lipinski definition) is 3. The third-order valence-electron chi connectivity index (χ3n) is 3.75. The van der Waals surface area contributed by atoms with Gasteiger partial charge in [-0.15, -0.1) is 13.2 Å². The summed E-state index contributed by atoms with van der Waals surface area (Å²) in [7, 11) is 0. The molecule has 1 saturated heterocycles. The van der Waals surface area contributed by atoms with Gasteiger partial charge in [-0.25, -0.2) is 0 Å². The predicted molar refractivity (Wildman–Crippen MR) is 64.4 cm³/mol. The number of rotatable bonds is 4. The molecule has 18 heavy (non-hydrogen) atoms. The summed E-state index contributed by atoms with van der Waals surface area (Å²) in [6, 6.07) is 0. The molecule has 1 N–H and O–H groups in total. The second kappa shape index (κ2) is 5.35. The Labute approximate surface area is 107 Å². The molecule has 0 radical (unpaired) electrons. The number of ether oxygens (including phenoxy) is 1. The summed E-state index contributed by atoms with van der Waals surface area (Å²) in [5.74, 6) is 0. The molecule has 0 bridgehead atoms. The molecule has 6 heteroatoms. The maximum absolute atomic E-state index is 12.0. The topological polar surface area (TPSA) is 24.5 Å². The minimum atomic E-state index is -4.54. The molecular weight excluding hydrogens is 245 g/mol. The molecule has 1 heterocycles. The molecule has 0 spiro atoms. The van der Waals surface area contributed by atoms with Crippen molar-refractivity contribution in [3.8, 4) is 0 Å². The SMILES string of the molecule is CCC1(C)CN(CCOC(F)(F)F)C(C)(C)CN1. The van der Waals surface area contributed by atoms with Crippen molar-refractivity contribution < 1.29 is 17.9 Å². The maximum atomic E-state index is 12.0. The molecule has 1 fully saturated rings. The number of piperazine rings is 1. The first-order valence-corrected chi connectivity index (χ1v) is 6.29. The highest BCUT2D eigenvalue weighted by atomic mass is 19.4. The van der Waals surface area contributed by atoms with E-state index >= 15 is 0 Å². The van der Waals surface area contributed by atoms with Crippen LogP contribution in [0.15, 0.2) is 0 Å². The van der Waals surface area contributed by atoms with E-state index in [0.717, 1.165) is 19.5 Å². The molecule has 0 aromatic rings. The van der Waals surface area contributed by atoms with Gasteiger partial charge in [0.15, 0.2) is 0 Å². The minimum absolute atomic E-state index is 0.0340. The van der Waals surface area contributed by atoms with Gasteiger partial charge in [-0.3, -0.25) is 9.64 Å². The van der Waals surface area contributed by atoms with Crippen molar-refractivity contribution in [1.29, 1.82) is 0 Å². The Morgan fingerprint density at radius 3 is 2.39 bits per heavy atom. The molecule has 108 valence electrons. The predicted octanol–water partition coefficient (Wildman–Crippen LogP) is 2.38. The minimum Gasteiger partial charge on any atom is -0.308 e. The van der Waals surface area contributed by atoms with Crippen molar-refractivity contribution in [1.82, 2.24) is 10.2 Å². The first-order chi connectivity index (χ1) is 8.08. The van der Waals surface area contributed by atoms with E-state index in [4.69, 9.17) is 0 Å². The Morgan fingerprint density at radius 1 is 1.28 bits per heavy atom. The highest BCUT2D eigenvalue weighted by Crippen LogP contribution is 2.25. The summed E-state index contributed by atoms with van der Waals surface area (Å²) in [6.07, 6.45) is -3.59. The van der Waals surface area contributed by atoms with E-state index < -0.39 is 6.36 Å². The van der Waals surface area contributed by atoms with Crippen molar-refractivity contribution in [2.45, 2.75) is 51.6 Å². The first-order valence-electron chi connectivity index (χ1n) is 6.29. The zero-order valence-corrected chi connectivity index (χ0v) is 11.5. The van der Waals surface area contributed by atoms with Crippen molar-refractivity contribution in [3.63, 3.8) is 0 Å². The molecule has 0 saturated carbocycles. The zero-order valence-electron chi connectivity index (χ0n) is 11.5. The van der Waals surface area contributed by atoms with E-state index in [1.807, 2.05) is 13.8 Å². The molecular formula is C12H23F3N2O. The van der Waals surface area contributed by atoms with Crippen LogP contribution < -0.4 is 5.32 Å². The van der Waals surface area contributed by atoms with Gasteiger partial charge >= 0.3 is 6.36 Å². The van der Waals surface area contributed by atoms with Gasteiger partial charge in [0.05, 0.1) is 6.61 Å². The van der Waals surface area contributed by atoms with Crippen molar-refractivity contribution in [2.75, 3.05) is 26.2 Å². The number of nitrogens with zero attached hydrogens (tertiary/aromatic N) is 1. The third-order valence-corrected chi connectivity index (χ3v) is 3.75. The largest absolute Gasteiger partial charge is 0.522 e. The normalized spacial score (nSPS) is 29.5. The van der Waals surface area contributed by atoms with Crippen molar-refractivity contribution in [3.05, 3.63) is 0 Å². The van der Waals surface area contributed by atoms with E-state index in [0.29, 0.717) is 6.54 Å². The highest BCUT2D eigenvalue weighted by Gasteiger charge is 2.39. The molecule has 0 aromatic heterocycles. The molecule has 1 aliphatic rings. The molecule has 1 atom stereocenters. The fourth-order valence-corrected chi connectivity index (χ4v) is 2.12. The Bertz CT molecular complexity index is 281. The quantitative estimate of drug-likeness (QED) is 0.847. The Morgan fingerprint density at radius 2 is 1.89 bits per heavy atom. The summed E-state index contributed by atoms with van der Waals surface area (Å²) in [4.78, 5) is 2.07. The van der Waals surface area contributed by atoms with Crippen LogP contribution in [0.4, 0.5) is 13.2 Å². The van der Waals surface area contributed by atoms with E-state index in [-0.39, 0.29) is 17.7 Å². The lowest BCUT2D eigenvalue weighted by Gasteiger charge is -2.50. The summed E-state index contributed by atoms with van der Waals surface area (Å²) < 4.78 is 39.8. The monoisotopic (exact) mass is 268 g/mol. The van der Waals surface area contributed by atoms with Gasteiger partial charge in [-0.1, -0.05) is 6.92 Å². The van der Waals surface area contributed by atoms with E-state index in [2.05, 4.69) is 28.8 Å². The van der Waals surface area contributed by atoms with Crippen LogP contribution in [0.25, 0.3) is 0 Å². The molecule has 0 amide bonds. The third kappa shape index (κ3) is 4.40. The standard InChI is InChI=1S/C12H23F3N2O/c1-5-11(4)9-17(10(2,3)8-16-11)6-7-18-12(13,14)15/h16H,5-9H2,1-4H3. The fourth-order valence-electron chi connectivity index (χ4n) is 2.12. The van der Waals surface area contributed by atoms with Crippen molar-refractivity contribution in [2.24, 2.45) is 0 Å². The first kappa shape index (κ1) is 15.7. The lowest BCUT2D eigenvalue weighted by Crippen LogP contribution is -2.67. The summed E-state index contributed by atoms with van der Waals surface area (Å²) in [5.41, 5.74) is -0.183. The van der Waals surface area contributed by atoms with Gasteiger partial charge in [-0.05, 0) is 27.2 Å². The van der Waals surface area contributed by atoms with Gasteiger partial charge in [0, 0.05) is 30.7 Å². The lowest BCUT2D eigenvalue weighted by atomic mass is 9.88. The summed E-state index contributed by atoms with van der Waals surface area (Å²) in [5, 5.41) is 3.47. The number of halogens is 3. The molecule has 0 aliphatic carbocycles. The van der Waals surface area contributed by atoms with E-state index in [1.54, 1.807) is 0 Å². The molecule has 0 aromatic carbocycles. The second-order valence-electron chi connectivity index (χ2n) is 5.80. The van der Waals surface area contributed by atoms with Crippen molar-refractivity contribution >= 4 is 0 Å². The van der Waals surface area contributed by atoms with Gasteiger partial charge < -0.3 is 5.32 Å². The number of alkyl halides is 3. The average Bonchev–Trinajstić information content (AvgIpc) is 2.22. The van der Waals surface area contributed by atoms with Crippen LogP contribution in [0.5, 0.6) is 0 Å². The van der Waals surface area contributed by atoms with Crippen LogP contribution in [0.3, 0.4) is 0 Å². The number of hydrogen-bond donors (Lipinski definition) is 1. The van der Waals surface area contributed by atoms with E-state index in [9.17, 15) is 13.2 Å². The molecule has 1 unspecified atom stereocenters. The van der Waals surface area contributed by atoms with Crippen LogP contribution >= 0.6 is 0 Å². The summed E-state index contributed by atoms with van der Waals surface area (Å²) >= 11 is 0. The summed E-state index contributed by atoms with van der Waals surface area (Å²) in [6.45, 7) is 9.72. The number of nitrogens with one attached hydrogen (secondary N) is 1. The van der Waals surface area contributed by atoms with Crippen LogP contribution in [0.2, 0.25) is 0 Å². The van der Waals surface area contributed by atoms with E-state index in [1.165, 1.54) is 0 Å². The fraction of sp³-hybridized carbons (Fsp3) is 1.00. The molecule has 3 nitrogen and oxygen atoms in total. The van der Waals surface area contributed by atoms with Gasteiger partial charge in [0.25, 0.3) is 0 Å². The van der Waals surface area contributed by atoms with Gasteiger partial charge in [0.2, 0.25) is 0 Å². The second-order valence-corrected chi connectivity index (χ2v) is 5.80. The van der Waals surface area contributed by atoms with Crippen LogP contribution in [0, 0.1) is 0 Å². The van der Waals surface area contributed by atoms with Crippen LogP contribution in [-0.4, -0.2) is 48.6 Å². The van der Waals surface area contributed by atoms with Crippen LogP contribution in [-0.2, 0) is 4.74 Å². The van der Waals surface area contributed by atoms with Gasteiger partial charge in [-0.2, -0.15) is 0 Å². The smallest absolute Gasteiger partial charge is 0.308 e. The lowest BCUT2D eigenvalue weighted by molar-refractivity contribution is -0.325. The maximum Gasteiger partial charge on any atom is 0.522 e. The Kier molecular flexibility index (Phi) is 4.67. The van der Waals surface area contributed by atoms with Crippen LogP contribution in [0.1, 0.15) is 34.1 Å². The zero-order chi connectivity index (χ0) is 14.0. The highest BCUT2D eigenvalue weighted by molar-refractivity contribution is 4.98. The Balaban J connectivity index is 2.54. The average molecular weight is 268 g/mol. The molecule has 1 aliphatic heterocycles. The van der Waals surface area contributed by atoms with Gasteiger partial charge in [0.1, 0.15) is 0 Å². The Hall–Kier alpha value is -0.330.